The van der Waals surface area contributed by atoms with Gasteiger partial charge in [-0.05, 0) is 48.9 Å². The summed E-state index contributed by atoms with van der Waals surface area (Å²) in [6.45, 7) is 2.44. The standard InChI is InChI=1S/C15H19Cl2NO2/c1-2-12(19)3-4-18-15(20)14-8-13(14)9-5-10(16)7-11(17)6-9/h5-7,12-14,19H,2-4,8H2,1H3,(H,18,20). The molecule has 0 bridgehead atoms. The second kappa shape index (κ2) is 6.79. The first-order valence-electron chi connectivity index (χ1n) is 6.93. The van der Waals surface area contributed by atoms with E-state index in [4.69, 9.17) is 23.2 Å². The quantitative estimate of drug-likeness (QED) is 0.845. The van der Waals surface area contributed by atoms with Crippen LogP contribution in [0.1, 0.15) is 37.7 Å². The molecule has 1 aliphatic rings. The van der Waals surface area contributed by atoms with Crippen molar-refractivity contribution in [2.75, 3.05) is 6.54 Å². The minimum atomic E-state index is -0.336. The molecule has 1 saturated carbocycles. The van der Waals surface area contributed by atoms with Crippen molar-refractivity contribution in [2.45, 2.75) is 38.2 Å². The molecule has 1 aromatic rings. The lowest BCUT2D eigenvalue weighted by Gasteiger charge is -2.09. The second-order valence-corrected chi connectivity index (χ2v) is 6.17. The van der Waals surface area contributed by atoms with E-state index in [2.05, 4.69) is 5.32 Å². The molecule has 0 heterocycles. The van der Waals surface area contributed by atoms with E-state index in [1.54, 1.807) is 6.07 Å². The summed E-state index contributed by atoms with van der Waals surface area (Å²) in [5.74, 6) is 0.264. The van der Waals surface area contributed by atoms with E-state index in [9.17, 15) is 9.90 Å². The van der Waals surface area contributed by atoms with Crippen LogP contribution in [0.25, 0.3) is 0 Å². The number of nitrogens with one attached hydrogen (secondary N) is 1. The van der Waals surface area contributed by atoms with Gasteiger partial charge >= 0.3 is 0 Å². The van der Waals surface area contributed by atoms with Crippen molar-refractivity contribution in [3.63, 3.8) is 0 Å². The molecule has 3 nitrogen and oxygen atoms in total. The first-order valence-corrected chi connectivity index (χ1v) is 7.68. The zero-order valence-electron chi connectivity index (χ0n) is 11.4. The van der Waals surface area contributed by atoms with Crippen LogP contribution in [-0.4, -0.2) is 23.7 Å². The molecule has 0 aromatic heterocycles. The average molecular weight is 316 g/mol. The zero-order chi connectivity index (χ0) is 14.7. The topological polar surface area (TPSA) is 49.3 Å². The van der Waals surface area contributed by atoms with Crippen LogP contribution < -0.4 is 5.32 Å². The van der Waals surface area contributed by atoms with Crippen molar-refractivity contribution < 1.29 is 9.90 Å². The van der Waals surface area contributed by atoms with Crippen LogP contribution in [0.5, 0.6) is 0 Å². The highest BCUT2D eigenvalue weighted by Crippen LogP contribution is 2.48. The van der Waals surface area contributed by atoms with Gasteiger partial charge in [0.15, 0.2) is 0 Å². The molecule has 20 heavy (non-hydrogen) atoms. The van der Waals surface area contributed by atoms with E-state index < -0.39 is 0 Å². The molecule has 3 unspecified atom stereocenters. The minimum Gasteiger partial charge on any atom is -0.393 e. The summed E-state index contributed by atoms with van der Waals surface area (Å²) in [5, 5.41) is 13.5. The van der Waals surface area contributed by atoms with E-state index in [-0.39, 0.29) is 23.8 Å². The molecule has 0 spiro atoms. The third kappa shape index (κ3) is 4.11. The van der Waals surface area contributed by atoms with Gasteiger partial charge in [-0.25, -0.2) is 0 Å². The van der Waals surface area contributed by atoms with Crippen LogP contribution in [0.4, 0.5) is 0 Å². The fraction of sp³-hybridized carbons (Fsp3) is 0.533. The Morgan fingerprint density at radius 2 is 2.05 bits per heavy atom. The summed E-state index contributed by atoms with van der Waals surface area (Å²) < 4.78 is 0. The molecule has 0 aliphatic heterocycles. The predicted molar refractivity (Wildman–Crippen MR) is 81.2 cm³/mol. The number of hydrogen-bond donors (Lipinski definition) is 2. The van der Waals surface area contributed by atoms with Crippen molar-refractivity contribution >= 4 is 29.1 Å². The van der Waals surface area contributed by atoms with Gasteiger partial charge in [-0.15, -0.1) is 0 Å². The van der Waals surface area contributed by atoms with Crippen LogP contribution in [0.3, 0.4) is 0 Å². The van der Waals surface area contributed by atoms with Gasteiger partial charge in [0.1, 0.15) is 0 Å². The third-order valence-corrected chi connectivity index (χ3v) is 4.12. The first kappa shape index (κ1) is 15.6. The van der Waals surface area contributed by atoms with Gasteiger partial charge in [0.25, 0.3) is 0 Å². The Labute approximate surface area is 129 Å². The van der Waals surface area contributed by atoms with Crippen molar-refractivity contribution in [2.24, 2.45) is 5.92 Å². The molecule has 2 N–H and O–H groups in total. The highest BCUT2D eigenvalue weighted by atomic mass is 35.5. The Hall–Kier alpha value is -0.770. The lowest BCUT2D eigenvalue weighted by Crippen LogP contribution is -2.28. The Bertz CT molecular complexity index is 473. The Kier molecular flexibility index (Phi) is 5.30. The molecule has 1 aromatic carbocycles. The van der Waals surface area contributed by atoms with Gasteiger partial charge in [0.2, 0.25) is 5.91 Å². The number of carbonyl (C=O) groups excluding carboxylic acids is 1. The number of halogens is 2. The number of carbonyl (C=O) groups is 1. The highest BCUT2D eigenvalue weighted by Gasteiger charge is 2.43. The largest absolute Gasteiger partial charge is 0.393 e. The number of hydrogen-bond acceptors (Lipinski definition) is 2. The van der Waals surface area contributed by atoms with Crippen molar-refractivity contribution in [3.8, 4) is 0 Å². The Morgan fingerprint density at radius 3 is 2.65 bits per heavy atom. The monoisotopic (exact) mass is 315 g/mol. The lowest BCUT2D eigenvalue weighted by atomic mass is 10.1. The van der Waals surface area contributed by atoms with Crippen molar-refractivity contribution in [1.82, 2.24) is 5.32 Å². The van der Waals surface area contributed by atoms with Gasteiger partial charge in [0.05, 0.1) is 6.10 Å². The maximum atomic E-state index is 12.0. The summed E-state index contributed by atoms with van der Waals surface area (Å²) in [6, 6.07) is 5.43. The van der Waals surface area contributed by atoms with Gasteiger partial charge in [0, 0.05) is 22.5 Å². The number of aliphatic hydroxyl groups is 1. The first-order chi connectivity index (χ1) is 9.51. The Morgan fingerprint density at radius 1 is 1.40 bits per heavy atom. The summed E-state index contributed by atoms with van der Waals surface area (Å²) in [5.41, 5.74) is 1.02. The van der Waals surface area contributed by atoms with Crippen LogP contribution in [0, 0.1) is 5.92 Å². The highest BCUT2D eigenvalue weighted by molar-refractivity contribution is 6.34. The van der Waals surface area contributed by atoms with Gasteiger partial charge in [-0.1, -0.05) is 30.1 Å². The molecule has 1 amide bonds. The summed E-state index contributed by atoms with van der Waals surface area (Å²) in [4.78, 5) is 12.0. The van der Waals surface area contributed by atoms with E-state index in [0.29, 0.717) is 29.4 Å². The lowest BCUT2D eigenvalue weighted by molar-refractivity contribution is -0.122. The van der Waals surface area contributed by atoms with Crippen molar-refractivity contribution in [3.05, 3.63) is 33.8 Å². The van der Waals surface area contributed by atoms with E-state index in [1.807, 2.05) is 19.1 Å². The maximum absolute atomic E-state index is 12.0. The molecule has 0 saturated heterocycles. The van der Waals surface area contributed by atoms with Gasteiger partial charge < -0.3 is 10.4 Å². The normalized spacial score (nSPS) is 22.4. The molecule has 110 valence electrons. The minimum absolute atomic E-state index is 0.00306. The van der Waals surface area contributed by atoms with Crippen LogP contribution in [0.2, 0.25) is 10.0 Å². The molecular weight excluding hydrogens is 297 g/mol. The van der Waals surface area contributed by atoms with Crippen molar-refractivity contribution in [1.29, 1.82) is 0 Å². The van der Waals surface area contributed by atoms with Crippen LogP contribution in [0.15, 0.2) is 18.2 Å². The van der Waals surface area contributed by atoms with Crippen LogP contribution in [-0.2, 0) is 4.79 Å². The SMILES string of the molecule is CCC(O)CCNC(=O)C1CC1c1cc(Cl)cc(Cl)c1. The molecule has 2 rings (SSSR count). The van der Waals surface area contributed by atoms with E-state index in [1.165, 1.54) is 0 Å². The van der Waals surface area contributed by atoms with Gasteiger partial charge in [-0.2, -0.15) is 0 Å². The predicted octanol–water partition coefficient (Wildman–Crippen LogP) is 3.37. The molecule has 0 radical (unpaired) electrons. The summed E-state index contributed by atoms with van der Waals surface area (Å²) in [7, 11) is 0. The number of benzene rings is 1. The molecule has 1 fully saturated rings. The molecule has 1 aliphatic carbocycles. The number of amides is 1. The number of rotatable bonds is 6. The smallest absolute Gasteiger partial charge is 0.223 e. The van der Waals surface area contributed by atoms with Crippen LogP contribution >= 0.6 is 23.2 Å². The van der Waals surface area contributed by atoms with E-state index in [0.717, 1.165) is 12.0 Å². The molecule has 3 atom stereocenters. The zero-order valence-corrected chi connectivity index (χ0v) is 12.9. The molecule has 5 heteroatoms. The summed E-state index contributed by atoms with van der Waals surface area (Å²) in [6.07, 6.45) is 1.81. The third-order valence-electron chi connectivity index (χ3n) is 3.69. The maximum Gasteiger partial charge on any atom is 0.223 e. The fourth-order valence-corrected chi connectivity index (χ4v) is 2.88. The Balaban J connectivity index is 1.83. The van der Waals surface area contributed by atoms with E-state index >= 15 is 0 Å². The summed E-state index contributed by atoms with van der Waals surface area (Å²) >= 11 is 11.9. The molecular formula is C15H19Cl2NO2. The second-order valence-electron chi connectivity index (χ2n) is 5.29. The van der Waals surface area contributed by atoms with Gasteiger partial charge in [-0.3, -0.25) is 4.79 Å². The number of aliphatic hydroxyl groups excluding tert-OH is 1. The average Bonchev–Trinajstić information content (AvgIpc) is 3.17. The fourth-order valence-electron chi connectivity index (χ4n) is 2.34.